The summed E-state index contributed by atoms with van der Waals surface area (Å²) >= 11 is 0. The summed E-state index contributed by atoms with van der Waals surface area (Å²) in [5.41, 5.74) is 0. The molecular formula is C20H43NO6S2. The van der Waals surface area contributed by atoms with E-state index in [-0.39, 0.29) is 11.5 Å². The molecule has 0 saturated carbocycles. The molecule has 9 heteroatoms. The van der Waals surface area contributed by atoms with Crippen LogP contribution in [0.1, 0.15) is 96.8 Å². The normalized spacial score (nSPS) is 12.7. The average Bonchev–Trinajstić information content (AvgIpc) is 2.60. The molecule has 0 spiro atoms. The van der Waals surface area contributed by atoms with Crippen LogP contribution in [-0.4, -0.2) is 62.0 Å². The third-order valence-electron chi connectivity index (χ3n) is 5.08. The molecule has 0 amide bonds. The van der Waals surface area contributed by atoms with Crippen molar-refractivity contribution in [3.05, 3.63) is 0 Å². The molecule has 176 valence electrons. The van der Waals surface area contributed by atoms with Crippen LogP contribution in [0.5, 0.6) is 0 Å². The largest absolute Gasteiger partial charge is 0.303 e. The number of rotatable bonds is 21. The van der Waals surface area contributed by atoms with E-state index in [9.17, 15) is 16.8 Å². The summed E-state index contributed by atoms with van der Waals surface area (Å²) < 4.78 is 61.1. The van der Waals surface area contributed by atoms with Crippen molar-refractivity contribution in [2.24, 2.45) is 0 Å². The summed E-state index contributed by atoms with van der Waals surface area (Å²) in [6.45, 7) is 3.99. The first kappa shape index (κ1) is 28.8. The van der Waals surface area contributed by atoms with E-state index in [2.05, 4.69) is 6.92 Å². The second kappa shape index (κ2) is 17.5. The Bertz CT molecular complexity index is 540. The molecular weight excluding hydrogens is 414 g/mol. The van der Waals surface area contributed by atoms with Crippen LogP contribution in [0, 0.1) is 0 Å². The van der Waals surface area contributed by atoms with Gasteiger partial charge in [0.05, 0.1) is 11.5 Å². The first-order valence-electron chi connectivity index (χ1n) is 11.3. The molecule has 0 radical (unpaired) electrons. The van der Waals surface area contributed by atoms with Crippen molar-refractivity contribution in [3.8, 4) is 0 Å². The van der Waals surface area contributed by atoms with Gasteiger partial charge in [-0.3, -0.25) is 9.11 Å². The molecule has 0 heterocycles. The fourth-order valence-corrected chi connectivity index (χ4v) is 4.44. The van der Waals surface area contributed by atoms with Crippen LogP contribution in [0.25, 0.3) is 0 Å². The third-order valence-corrected chi connectivity index (χ3v) is 6.69. The Kier molecular flexibility index (Phi) is 17.3. The quantitative estimate of drug-likeness (QED) is 0.192. The first-order valence-corrected chi connectivity index (χ1v) is 14.5. The summed E-state index contributed by atoms with van der Waals surface area (Å²) in [5, 5.41) is 0. The van der Waals surface area contributed by atoms with E-state index in [0.717, 1.165) is 19.4 Å². The van der Waals surface area contributed by atoms with Gasteiger partial charge in [0.15, 0.2) is 0 Å². The molecule has 0 rings (SSSR count). The highest BCUT2D eigenvalue weighted by Crippen LogP contribution is 2.12. The summed E-state index contributed by atoms with van der Waals surface area (Å²) in [6.07, 6.45) is 15.7. The van der Waals surface area contributed by atoms with Gasteiger partial charge < -0.3 is 4.90 Å². The molecule has 0 aliphatic heterocycles. The maximum atomic E-state index is 10.9. The van der Waals surface area contributed by atoms with Crippen LogP contribution in [0.4, 0.5) is 0 Å². The Morgan fingerprint density at radius 2 is 0.828 bits per heavy atom. The molecule has 0 bridgehead atoms. The SMILES string of the molecule is CCCCCCCCCCCCCCN(CCCS(=O)(=O)O)CCCS(=O)(=O)O. The highest BCUT2D eigenvalue weighted by Gasteiger charge is 2.11. The minimum atomic E-state index is -3.97. The fraction of sp³-hybridized carbons (Fsp3) is 1.00. The molecule has 29 heavy (non-hydrogen) atoms. The van der Waals surface area contributed by atoms with Gasteiger partial charge in [-0.25, -0.2) is 0 Å². The minimum Gasteiger partial charge on any atom is -0.303 e. The Morgan fingerprint density at radius 1 is 0.517 bits per heavy atom. The van der Waals surface area contributed by atoms with E-state index in [1.54, 1.807) is 0 Å². The second-order valence-corrected chi connectivity index (χ2v) is 11.2. The first-order chi connectivity index (χ1) is 13.6. The monoisotopic (exact) mass is 457 g/mol. The number of hydrogen-bond acceptors (Lipinski definition) is 5. The van der Waals surface area contributed by atoms with E-state index < -0.39 is 20.2 Å². The zero-order valence-corrected chi connectivity index (χ0v) is 19.9. The summed E-state index contributed by atoms with van der Waals surface area (Å²) in [7, 11) is -7.95. The molecule has 0 atom stereocenters. The lowest BCUT2D eigenvalue weighted by Crippen LogP contribution is -2.29. The van der Waals surface area contributed by atoms with Gasteiger partial charge in [0.2, 0.25) is 0 Å². The van der Waals surface area contributed by atoms with E-state index in [0.29, 0.717) is 25.9 Å². The number of hydrogen-bond donors (Lipinski definition) is 2. The van der Waals surface area contributed by atoms with Crippen molar-refractivity contribution in [2.75, 3.05) is 31.1 Å². The Labute approximate surface area is 179 Å². The van der Waals surface area contributed by atoms with Gasteiger partial charge in [0.1, 0.15) is 0 Å². The lowest BCUT2D eigenvalue weighted by atomic mass is 10.1. The van der Waals surface area contributed by atoms with E-state index in [1.807, 2.05) is 4.90 Å². The second-order valence-electron chi connectivity index (χ2n) is 8.01. The summed E-state index contributed by atoms with van der Waals surface area (Å²) in [4.78, 5) is 2.02. The molecule has 0 aliphatic rings. The zero-order valence-electron chi connectivity index (χ0n) is 18.2. The summed E-state index contributed by atoms with van der Waals surface area (Å²) in [5.74, 6) is -0.583. The van der Waals surface area contributed by atoms with E-state index >= 15 is 0 Å². The lowest BCUT2D eigenvalue weighted by Gasteiger charge is -2.21. The van der Waals surface area contributed by atoms with Crippen LogP contribution in [0.2, 0.25) is 0 Å². The van der Waals surface area contributed by atoms with Gasteiger partial charge in [-0.1, -0.05) is 77.6 Å². The van der Waals surface area contributed by atoms with Crippen molar-refractivity contribution >= 4 is 20.2 Å². The zero-order chi connectivity index (χ0) is 22.0. The molecule has 0 aromatic heterocycles. The fourth-order valence-electron chi connectivity index (χ4n) is 3.45. The summed E-state index contributed by atoms with van der Waals surface area (Å²) in [6, 6.07) is 0. The molecule has 2 N–H and O–H groups in total. The van der Waals surface area contributed by atoms with Gasteiger partial charge in [0.25, 0.3) is 20.2 Å². The standard InChI is InChI=1S/C20H43NO6S2/c1-2-3-4-5-6-7-8-9-10-11-12-13-16-21(17-14-19-28(22,23)24)18-15-20-29(25,26)27/h2-20H2,1H3,(H,22,23,24)(H,25,26,27). The maximum Gasteiger partial charge on any atom is 0.264 e. The van der Waals surface area contributed by atoms with Crippen LogP contribution in [-0.2, 0) is 20.2 Å². The lowest BCUT2D eigenvalue weighted by molar-refractivity contribution is 0.267. The van der Waals surface area contributed by atoms with Crippen LogP contribution in [0.3, 0.4) is 0 Å². The maximum absolute atomic E-state index is 10.9. The topological polar surface area (TPSA) is 112 Å². The third kappa shape index (κ3) is 23.9. The molecule has 0 aromatic carbocycles. The Morgan fingerprint density at radius 3 is 1.17 bits per heavy atom. The molecule has 0 aliphatic carbocycles. The average molecular weight is 458 g/mol. The number of unbranched alkanes of at least 4 members (excludes halogenated alkanes) is 11. The van der Waals surface area contributed by atoms with E-state index in [1.165, 1.54) is 64.2 Å². The van der Waals surface area contributed by atoms with Gasteiger partial charge in [-0.05, 0) is 38.9 Å². The minimum absolute atomic E-state index is 0.291. The molecule has 0 saturated heterocycles. The van der Waals surface area contributed by atoms with Crippen LogP contribution >= 0.6 is 0 Å². The van der Waals surface area contributed by atoms with Crippen molar-refractivity contribution in [3.63, 3.8) is 0 Å². The number of nitrogens with zero attached hydrogens (tertiary/aromatic N) is 1. The highest BCUT2D eigenvalue weighted by atomic mass is 32.2. The predicted octanol–water partition coefficient (Wildman–Crippen LogP) is 4.55. The smallest absolute Gasteiger partial charge is 0.264 e. The van der Waals surface area contributed by atoms with E-state index in [4.69, 9.17) is 9.11 Å². The van der Waals surface area contributed by atoms with Crippen LogP contribution < -0.4 is 0 Å². The van der Waals surface area contributed by atoms with Crippen molar-refractivity contribution in [1.29, 1.82) is 0 Å². The van der Waals surface area contributed by atoms with Crippen molar-refractivity contribution < 1.29 is 25.9 Å². The Balaban J connectivity index is 3.85. The van der Waals surface area contributed by atoms with Gasteiger partial charge in [-0.15, -0.1) is 0 Å². The van der Waals surface area contributed by atoms with Crippen LogP contribution in [0.15, 0.2) is 0 Å². The van der Waals surface area contributed by atoms with Gasteiger partial charge in [-0.2, -0.15) is 16.8 Å². The molecule has 7 nitrogen and oxygen atoms in total. The van der Waals surface area contributed by atoms with Gasteiger partial charge in [0, 0.05) is 0 Å². The molecule has 0 aromatic rings. The Hall–Kier alpha value is -0.220. The van der Waals surface area contributed by atoms with Crippen molar-refractivity contribution in [1.82, 2.24) is 4.90 Å². The predicted molar refractivity (Wildman–Crippen MR) is 120 cm³/mol. The molecule has 0 fully saturated rings. The highest BCUT2D eigenvalue weighted by molar-refractivity contribution is 7.86. The van der Waals surface area contributed by atoms with Gasteiger partial charge >= 0.3 is 0 Å². The van der Waals surface area contributed by atoms with Crippen molar-refractivity contribution in [2.45, 2.75) is 96.8 Å². The molecule has 0 unspecified atom stereocenters.